The second-order valence-electron chi connectivity index (χ2n) is 7.59. The minimum atomic E-state index is 0.0993. The summed E-state index contributed by atoms with van der Waals surface area (Å²) in [6, 6.07) is 16.5. The maximum atomic E-state index is 12.2. The van der Waals surface area contributed by atoms with E-state index in [1.165, 1.54) is 29.1 Å². The van der Waals surface area contributed by atoms with E-state index < -0.39 is 0 Å². The molecule has 0 bridgehead atoms. The summed E-state index contributed by atoms with van der Waals surface area (Å²) in [6.45, 7) is 1.49. The lowest BCUT2D eigenvalue weighted by molar-refractivity contribution is -0.120. The van der Waals surface area contributed by atoms with E-state index in [0.717, 1.165) is 43.2 Å². The van der Waals surface area contributed by atoms with E-state index in [1.807, 2.05) is 42.1 Å². The predicted octanol–water partition coefficient (Wildman–Crippen LogP) is 4.80. The summed E-state index contributed by atoms with van der Waals surface area (Å²) in [7, 11) is 0. The molecule has 2 aliphatic rings. The van der Waals surface area contributed by atoms with Crippen molar-refractivity contribution in [2.45, 2.75) is 42.9 Å². The second-order valence-corrected chi connectivity index (χ2v) is 8.68. The first-order valence-electron chi connectivity index (χ1n) is 9.98. The van der Waals surface area contributed by atoms with Crippen LogP contribution < -0.4 is 10.1 Å². The number of benzene rings is 2. The zero-order valence-electron chi connectivity index (χ0n) is 15.7. The number of amides is 1. The summed E-state index contributed by atoms with van der Waals surface area (Å²) in [5.41, 5.74) is 2.38. The van der Waals surface area contributed by atoms with E-state index in [1.54, 1.807) is 0 Å². The Balaban J connectivity index is 1.30. The lowest BCUT2D eigenvalue weighted by atomic mass is 9.90. The number of rotatable bonds is 8. The van der Waals surface area contributed by atoms with Crippen LogP contribution in [0.15, 0.2) is 53.4 Å². The van der Waals surface area contributed by atoms with Crippen LogP contribution >= 0.6 is 11.8 Å². The molecule has 1 amide bonds. The van der Waals surface area contributed by atoms with Gasteiger partial charge in [0.15, 0.2) is 0 Å². The number of hydrogen-bond donors (Lipinski definition) is 1. The molecule has 2 aromatic carbocycles. The van der Waals surface area contributed by atoms with Gasteiger partial charge in [-0.05, 0) is 66.8 Å². The summed E-state index contributed by atoms with van der Waals surface area (Å²) >= 11 is 1.97. The number of hydrogen-bond acceptors (Lipinski definition) is 3. The number of nitrogens with one attached hydrogen (secondary N) is 1. The van der Waals surface area contributed by atoms with Crippen LogP contribution in [0, 0.1) is 5.92 Å². The second kappa shape index (κ2) is 8.83. The van der Waals surface area contributed by atoms with E-state index in [4.69, 9.17) is 4.74 Å². The maximum absolute atomic E-state index is 12.2. The highest BCUT2D eigenvalue weighted by atomic mass is 32.2. The molecule has 2 aromatic rings. The molecule has 4 heteroatoms. The van der Waals surface area contributed by atoms with Crippen LogP contribution in [-0.4, -0.2) is 24.8 Å². The third-order valence-corrected chi connectivity index (χ3v) is 6.58. The van der Waals surface area contributed by atoms with Crippen molar-refractivity contribution in [1.29, 1.82) is 0 Å². The van der Waals surface area contributed by atoms with Crippen molar-refractivity contribution in [3.63, 3.8) is 0 Å². The molecule has 1 saturated carbocycles. The third-order valence-electron chi connectivity index (χ3n) is 5.35. The molecule has 4 rings (SSSR count). The lowest BCUT2D eigenvalue weighted by Gasteiger charge is -2.26. The van der Waals surface area contributed by atoms with Crippen molar-refractivity contribution in [3.8, 4) is 5.75 Å². The molecule has 1 N–H and O–H groups in total. The molecular formula is C23H27NO2S. The minimum Gasteiger partial charge on any atom is -0.493 e. The standard InChI is InChI=1S/C23H27NO2S/c25-23(14-17-4-2-1-3-5-17)24-12-10-19-11-13-26-22-9-8-20(15-21(19)22)27-16-18-6-7-18/h1-5,8-9,15,18-19H,6-7,10-14,16H2,(H,24,25). The Hall–Kier alpha value is -1.94. The van der Waals surface area contributed by atoms with Gasteiger partial charge in [0.2, 0.25) is 5.91 Å². The van der Waals surface area contributed by atoms with Gasteiger partial charge in [0.25, 0.3) is 0 Å². The van der Waals surface area contributed by atoms with Gasteiger partial charge >= 0.3 is 0 Å². The van der Waals surface area contributed by atoms with Gasteiger partial charge in [-0.2, -0.15) is 0 Å². The van der Waals surface area contributed by atoms with Gasteiger partial charge in [-0.1, -0.05) is 30.3 Å². The number of fused-ring (bicyclic) bond motifs is 1. The van der Waals surface area contributed by atoms with E-state index in [0.29, 0.717) is 12.3 Å². The van der Waals surface area contributed by atoms with Crippen LogP contribution in [0.5, 0.6) is 5.75 Å². The van der Waals surface area contributed by atoms with Gasteiger partial charge in [-0.25, -0.2) is 0 Å². The fourth-order valence-electron chi connectivity index (χ4n) is 3.56. The molecule has 142 valence electrons. The molecule has 1 fully saturated rings. The topological polar surface area (TPSA) is 38.3 Å². The zero-order chi connectivity index (χ0) is 18.5. The van der Waals surface area contributed by atoms with Crippen molar-refractivity contribution in [3.05, 3.63) is 59.7 Å². The van der Waals surface area contributed by atoms with Crippen LogP contribution in [0.25, 0.3) is 0 Å². The largest absolute Gasteiger partial charge is 0.493 e. The Morgan fingerprint density at radius 1 is 1.11 bits per heavy atom. The normalized spacial score (nSPS) is 18.4. The molecule has 1 unspecified atom stereocenters. The number of carbonyl (C=O) groups excluding carboxylic acids is 1. The fraction of sp³-hybridized carbons (Fsp3) is 0.435. The lowest BCUT2D eigenvalue weighted by Crippen LogP contribution is -2.28. The molecule has 1 heterocycles. The summed E-state index contributed by atoms with van der Waals surface area (Å²) < 4.78 is 5.86. The molecule has 0 spiro atoms. The Morgan fingerprint density at radius 2 is 1.96 bits per heavy atom. The molecule has 0 aromatic heterocycles. The molecule has 1 atom stereocenters. The summed E-state index contributed by atoms with van der Waals surface area (Å²) in [5.74, 6) is 3.75. The molecule has 27 heavy (non-hydrogen) atoms. The third kappa shape index (κ3) is 5.29. The first-order valence-corrected chi connectivity index (χ1v) is 11.0. The SMILES string of the molecule is O=C(Cc1ccccc1)NCCC1CCOc2ccc(SCC3CC3)cc21. The van der Waals surface area contributed by atoms with E-state index in [-0.39, 0.29) is 5.91 Å². The van der Waals surface area contributed by atoms with Gasteiger partial charge in [0, 0.05) is 17.2 Å². The van der Waals surface area contributed by atoms with E-state index in [2.05, 4.69) is 23.5 Å². The Kier molecular flexibility index (Phi) is 6.03. The Labute approximate surface area is 165 Å². The molecule has 0 saturated heterocycles. The van der Waals surface area contributed by atoms with Crippen LogP contribution in [0.3, 0.4) is 0 Å². The number of thioether (sulfide) groups is 1. The molecule has 1 aliphatic heterocycles. The highest BCUT2D eigenvalue weighted by Crippen LogP contribution is 2.40. The van der Waals surface area contributed by atoms with Crippen molar-refractivity contribution < 1.29 is 9.53 Å². The van der Waals surface area contributed by atoms with Gasteiger partial charge in [0.05, 0.1) is 13.0 Å². The minimum absolute atomic E-state index is 0.0993. The van der Waals surface area contributed by atoms with Crippen molar-refractivity contribution in [1.82, 2.24) is 5.32 Å². The Morgan fingerprint density at radius 3 is 2.78 bits per heavy atom. The van der Waals surface area contributed by atoms with Crippen LogP contribution in [-0.2, 0) is 11.2 Å². The first-order chi connectivity index (χ1) is 13.3. The van der Waals surface area contributed by atoms with Crippen LogP contribution in [0.1, 0.15) is 42.7 Å². The van der Waals surface area contributed by atoms with Crippen LogP contribution in [0.2, 0.25) is 0 Å². The highest BCUT2D eigenvalue weighted by molar-refractivity contribution is 7.99. The van der Waals surface area contributed by atoms with Crippen molar-refractivity contribution in [2.24, 2.45) is 5.92 Å². The van der Waals surface area contributed by atoms with Gasteiger partial charge in [-0.15, -0.1) is 11.8 Å². The molecular weight excluding hydrogens is 354 g/mol. The molecule has 0 radical (unpaired) electrons. The quantitative estimate of drug-likeness (QED) is 0.667. The highest BCUT2D eigenvalue weighted by Gasteiger charge is 2.24. The van der Waals surface area contributed by atoms with Gasteiger partial charge in [-0.3, -0.25) is 4.79 Å². The van der Waals surface area contributed by atoms with Gasteiger partial charge < -0.3 is 10.1 Å². The fourth-order valence-corrected chi connectivity index (χ4v) is 4.70. The van der Waals surface area contributed by atoms with Gasteiger partial charge in [0.1, 0.15) is 5.75 Å². The number of ether oxygens (including phenoxy) is 1. The van der Waals surface area contributed by atoms with Crippen LogP contribution in [0.4, 0.5) is 0 Å². The molecule has 1 aliphatic carbocycles. The van der Waals surface area contributed by atoms with E-state index in [9.17, 15) is 4.79 Å². The van der Waals surface area contributed by atoms with E-state index >= 15 is 0 Å². The summed E-state index contributed by atoms with van der Waals surface area (Å²) in [4.78, 5) is 13.5. The Bertz CT molecular complexity index is 773. The summed E-state index contributed by atoms with van der Waals surface area (Å²) in [6.07, 6.45) is 5.23. The predicted molar refractivity (Wildman–Crippen MR) is 111 cm³/mol. The zero-order valence-corrected chi connectivity index (χ0v) is 16.5. The average molecular weight is 382 g/mol. The summed E-state index contributed by atoms with van der Waals surface area (Å²) in [5, 5.41) is 3.09. The molecule has 3 nitrogen and oxygen atoms in total. The smallest absolute Gasteiger partial charge is 0.224 e. The number of carbonyl (C=O) groups is 1. The van der Waals surface area contributed by atoms with Crippen molar-refractivity contribution in [2.75, 3.05) is 18.9 Å². The maximum Gasteiger partial charge on any atom is 0.224 e. The average Bonchev–Trinajstić information content (AvgIpc) is 3.52. The first kappa shape index (κ1) is 18.4. The monoisotopic (exact) mass is 381 g/mol. The van der Waals surface area contributed by atoms with Crippen molar-refractivity contribution >= 4 is 17.7 Å².